The largest absolute Gasteiger partial charge is 0.381 e. The molecule has 0 aromatic carbocycles. The van der Waals surface area contributed by atoms with Crippen molar-refractivity contribution in [2.45, 2.75) is 89.3 Å². The van der Waals surface area contributed by atoms with E-state index in [1.54, 1.807) is 0 Å². The Balaban J connectivity index is 1.10. The van der Waals surface area contributed by atoms with Crippen LogP contribution in [0.5, 0.6) is 0 Å². The summed E-state index contributed by atoms with van der Waals surface area (Å²) in [5, 5.41) is 0. The zero-order valence-electron chi connectivity index (χ0n) is 24.6. The van der Waals surface area contributed by atoms with Gasteiger partial charge in [-0.2, -0.15) is 0 Å². The third kappa shape index (κ3) is 27.6. The fraction of sp³-hybridized carbons (Fsp3) is 1.00. The highest BCUT2D eigenvalue weighted by atomic mass is 16.6. The van der Waals surface area contributed by atoms with Gasteiger partial charge >= 0.3 is 0 Å². The van der Waals surface area contributed by atoms with Crippen LogP contribution in [0.2, 0.25) is 0 Å². The van der Waals surface area contributed by atoms with E-state index in [4.69, 9.17) is 42.6 Å². The molecule has 2 heterocycles. The van der Waals surface area contributed by atoms with Gasteiger partial charge in [-0.25, -0.2) is 0 Å². The third-order valence-corrected chi connectivity index (χ3v) is 6.38. The molecule has 0 aromatic heterocycles. The van der Waals surface area contributed by atoms with Crippen LogP contribution in [0.15, 0.2) is 0 Å². The molecule has 232 valence electrons. The van der Waals surface area contributed by atoms with Crippen LogP contribution in [-0.2, 0) is 42.6 Å². The third-order valence-electron chi connectivity index (χ3n) is 6.38. The number of rotatable bonds is 34. The Morgan fingerprint density at radius 1 is 0.308 bits per heavy atom. The molecule has 0 bridgehead atoms. The van der Waals surface area contributed by atoms with E-state index in [9.17, 15) is 0 Å². The lowest BCUT2D eigenvalue weighted by Crippen LogP contribution is -2.05. The smallest absolute Gasteiger partial charge is 0.104 e. The molecule has 2 aliphatic rings. The molecular formula is C30H58O9. The van der Waals surface area contributed by atoms with E-state index in [1.165, 1.54) is 0 Å². The number of hydrogen-bond donors (Lipinski definition) is 0. The first kappa shape index (κ1) is 34.8. The number of unbranched alkanes of at least 4 members (excludes halogenated alkanes) is 6. The molecule has 2 atom stereocenters. The Morgan fingerprint density at radius 3 is 0.667 bits per heavy atom. The zero-order chi connectivity index (χ0) is 27.3. The molecule has 0 spiro atoms. The van der Waals surface area contributed by atoms with Crippen LogP contribution < -0.4 is 0 Å². The van der Waals surface area contributed by atoms with E-state index in [0.29, 0.717) is 12.2 Å². The maximum Gasteiger partial charge on any atom is 0.104 e. The summed E-state index contributed by atoms with van der Waals surface area (Å²) in [5.41, 5.74) is 0. The van der Waals surface area contributed by atoms with Crippen LogP contribution in [-0.4, -0.2) is 118 Å². The van der Waals surface area contributed by atoms with Crippen molar-refractivity contribution in [2.24, 2.45) is 0 Å². The molecular weight excluding hydrogens is 504 g/mol. The molecule has 0 saturated carbocycles. The minimum Gasteiger partial charge on any atom is -0.381 e. The van der Waals surface area contributed by atoms with Gasteiger partial charge in [0.25, 0.3) is 0 Å². The Hall–Kier alpha value is -0.360. The monoisotopic (exact) mass is 562 g/mol. The van der Waals surface area contributed by atoms with Gasteiger partial charge in [0.1, 0.15) is 12.2 Å². The van der Waals surface area contributed by atoms with Crippen molar-refractivity contribution in [1.29, 1.82) is 0 Å². The maximum atomic E-state index is 5.72. The highest BCUT2D eigenvalue weighted by molar-refractivity contribution is 4.67. The number of epoxide rings is 2. The first-order chi connectivity index (χ1) is 19.4. The van der Waals surface area contributed by atoms with Crippen LogP contribution in [0.3, 0.4) is 0 Å². The Labute approximate surface area is 237 Å². The second kappa shape index (κ2) is 27.8. The first-order valence-corrected chi connectivity index (χ1v) is 15.7. The lowest BCUT2D eigenvalue weighted by molar-refractivity contribution is 0.0777. The fourth-order valence-corrected chi connectivity index (χ4v) is 3.72. The van der Waals surface area contributed by atoms with Gasteiger partial charge in [0, 0.05) is 79.3 Å². The first-order valence-electron chi connectivity index (χ1n) is 15.7. The standard InChI is InChI=1S/C30H58O9/c1(3-15-32-17-5-7-19-34-21-9-11-23-36-25-29-27-38-29)13-31-14-2-4-16-33-18-6-8-20-35-22-10-12-24-37-26-30-28-39-30/h29-30H,1-28H2. The molecule has 2 fully saturated rings. The summed E-state index contributed by atoms with van der Waals surface area (Å²) >= 11 is 0. The van der Waals surface area contributed by atoms with Crippen molar-refractivity contribution >= 4 is 0 Å². The number of hydrogen-bond acceptors (Lipinski definition) is 9. The normalized spacial score (nSPS) is 18.2. The van der Waals surface area contributed by atoms with Crippen molar-refractivity contribution in [3.8, 4) is 0 Å². The van der Waals surface area contributed by atoms with E-state index in [-0.39, 0.29) is 0 Å². The lowest BCUT2D eigenvalue weighted by Gasteiger charge is -2.07. The number of ether oxygens (including phenoxy) is 9. The molecule has 0 aromatic rings. The molecule has 0 N–H and O–H groups in total. The van der Waals surface area contributed by atoms with Crippen LogP contribution in [0.25, 0.3) is 0 Å². The van der Waals surface area contributed by atoms with Crippen molar-refractivity contribution in [3.63, 3.8) is 0 Å². The van der Waals surface area contributed by atoms with Gasteiger partial charge < -0.3 is 42.6 Å². The van der Waals surface area contributed by atoms with E-state index in [2.05, 4.69) is 0 Å². The summed E-state index contributed by atoms with van der Waals surface area (Å²) in [6, 6.07) is 0. The molecule has 2 aliphatic heterocycles. The average molecular weight is 563 g/mol. The van der Waals surface area contributed by atoms with Crippen LogP contribution in [0.1, 0.15) is 77.0 Å². The van der Waals surface area contributed by atoms with E-state index in [0.717, 1.165) is 183 Å². The van der Waals surface area contributed by atoms with Crippen molar-refractivity contribution in [2.75, 3.05) is 106 Å². The van der Waals surface area contributed by atoms with Crippen molar-refractivity contribution in [1.82, 2.24) is 0 Å². The minimum absolute atomic E-state index is 0.366. The Kier molecular flexibility index (Phi) is 24.8. The molecule has 0 amide bonds. The molecule has 2 saturated heterocycles. The second-order valence-electron chi connectivity index (χ2n) is 10.4. The average Bonchev–Trinajstić information content (AvgIpc) is 3.87. The summed E-state index contributed by atoms with van der Waals surface area (Å²) in [6.45, 7) is 13.1. The molecule has 39 heavy (non-hydrogen) atoms. The topological polar surface area (TPSA) is 89.7 Å². The summed E-state index contributed by atoms with van der Waals surface area (Å²) < 4.78 is 49.7. The highest BCUT2D eigenvalue weighted by Crippen LogP contribution is 2.09. The lowest BCUT2D eigenvalue weighted by atomic mass is 10.3. The summed E-state index contributed by atoms with van der Waals surface area (Å²) in [6.07, 6.45) is 13.4. The van der Waals surface area contributed by atoms with Gasteiger partial charge in [0.05, 0.1) is 26.4 Å². The van der Waals surface area contributed by atoms with Gasteiger partial charge in [0.15, 0.2) is 0 Å². The summed E-state index contributed by atoms with van der Waals surface area (Å²) in [4.78, 5) is 0. The van der Waals surface area contributed by atoms with Crippen LogP contribution in [0, 0.1) is 0 Å². The zero-order valence-corrected chi connectivity index (χ0v) is 24.6. The molecule has 2 rings (SSSR count). The highest BCUT2D eigenvalue weighted by Gasteiger charge is 2.22. The second-order valence-corrected chi connectivity index (χ2v) is 10.4. The summed E-state index contributed by atoms with van der Waals surface area (Å²) in [5.74, 6) is 0. The fourth-order valence-electron chi connectivity index (χ4n) is 3.72. The Bertz CT molecular complexity index is 447. The predicted molar refractivity (Wildman–Crippen MR) is 151 cm³/mol. The predicted octanol–water partition coefficient (Wildman–Crippen LogP) is 4.58. The maximum absolute atomic E-state index is 5.72. The van der Waals surface area contributed by atoms with E-state index in [1.807, 2.05) is 0 Å². The van der Waals surface area contributed by atoms with Gasteiger partial charge in [-0.3, -0.25) is 0 Å². The van der Waals surface area contributed by atoms with Crippen LogP contribution >= 0.6 is 0 Å². The minimum atomic E-state index is 0.366. The molecule has 9 nitrogen and oxygen atoms in total. The SMILES string of the molecule is C(CCOCCCCOCCCCOCC1CO1)COCCCCOCCCCOCCCCOCC1CO1. The van der Waals surface area contributed by atoms with Crippen molar-refractivity contribution in [3.05, 3.63) is 0 Å². The molecule has 0 aliphatic carbocycles. The van der Waals surface area contributed by atoms with Crippen LogP contribution in [0.4, 0.5) is 0 Å². The van der Waals surface area contributed by atoms with Gasteiger partial charge in [-0.15, -0.1) is 0 Å². The van der Waals surface area contributed by atoms with E-state index >= 15 is 0 Å². The summed E-state index contributed by atoms with van der Waals surface area (Å²) in [7, 11) is 0. The molecule has 9 heteroatoms. The van der Waals surface area contributed by atoms with Crippen molar-refractivity contribution < 1.29 is 42.6 Å². The molecule has 0 radical (unpaired) electrons. The molecule has 2 unspecified atom stereocenters. The van der Waals surface area contributed by atoms with Gasteiger partial charge in [-0.1, -0.05) is 0 Å². The van der Waals surface area contributed by atoms with E-state index < -0.39 is 0 Å². The Morgan fingerprint density at radius 2 is 0.487 bits per heavy atom. The van der Waals surface area contributed by atoms with Gasteiger partial charge in [-0.05, 0) is 77.0 Å². The quantitative estimate of drug-likeness (QED) is 0.0826. The van der Waals surface area contributed by atoms with Gasteiger partial charge in [0.2, 0.25) is 0 Å².